The molecule has 3 N–H and O–H groups in total. The highest BCUT2D eigenvalue weighted by Gasteiger charge is 2.40. The molecular formula is C14H20N4. The molecule has 0 spiro atoms. The number of hydrogen-bond donors (Lipinski definition) is 2. The molecule has 1 aromatic heterocycles. The summed E-state index contributed by atoms with van der Waals surface area (Å²) in [5.74, 6) is 1.04. The molecule has 18 heavy (non-hydrogen) atoms. The Kier molecular flexibility index (Phi) is 2.55. The molecule has 2 aromatic rings. The van der Waals surface area contributed by atoms with Crippen LogP contribution in [0.2, 0.25) is 0 Å². The molecular weight excluding hydrogens is 224 g/mol. The van der Waals surface area contributed by atoms with E-state index in [0.29, 0.717) is 5.41 Å². The van der Waals surface area contributed by atoms with Gasteiger partial charge >= 0.3 is 0 Å². The van der Waals surface area contributed by atoms with Gasteiger partial charge in [0.05, 0.1) is 11.0 Å². The molecule has 1 fully saturated rings. The molecule has 1 aliphatic rings. The van der Waals surface area contributed by atoms with E-state index in [1.165, 1.54) is 18.4 Å². The number of rotatable bonds is 4. The van der Waals surface area contributed by atoms with Crippen molar-refractivity contribution in [3.05, 3.63) is 24.0 Å². The Morgan fingerprint density at radius 1 is 1.44 bits per heavy atom. The summed E-state index contributed by atoms with van der Waals surface area (Å²) in [6.45, 7) is 3.78. The molecule has 0 bridgehead atoms. The van der Waals surface area contributed by atoms with Crippen molar-refractivity contribution < 1.29 is 0 Å². The van der Waals surface area contributed by atoms with Gasteiger partial charge in [-0.25, -0.2) is 4.98 Å². The highest BCUT2D eigenvalue weighted by molar-refractivity contribution is 5.80. The molecule has 0 unspecified atom stereocenters. The van der Waals surface area contributed by atoms with Crippen LogP contribution in [-0.2, 0) is 7.05 Å². The number of aryl methyl sites for hydroxylation is 2. The maximum Gasteiger partial charge on any atom is 0.106 e. The summed E-state index contributed by atoms with van der Waals surface area (Å²) in [4.78, 5) is 4.55. The second kappa shape index (κ2) is 3.99. The smallest absolute Gasteiger partial charge is 0.106 e. The van der Waals surface area contributed by atoms with Gasteiger partial charge in [-0.15, -0.1) is 0 Å². The van der Waals surface area contributed by atoms with Gasteiger partial charge in [-0.2, -0.15) is 0 Å². The summed E-state index contributed by atoms with van der Waals surface area (Å²) < 4.78 is 2.11. The van der Waals surface area contributed by atoms with Gasteiger partial charge in [-0.3, -0.25) is 0 Å². The van der Waals surface area contributed by atoms with E-state index in [1.807, 2.05) is 14.0 Å². The van der Waals surface area contributed by atoms with Crippen LogP contribution in [0.1, 0.15) is 18.7 Å². The van der Waals surface area contributed by atoms with Crippen molar-refractivity contribution in [1.29, 1.82) is 0 Å². The molecule has 1 heterocycles. The van der Waals surface area contributed by atoms with Gasteiger partial charge in [0.1, 0.15) is 5.82 Å². The van der Waals surface area contributed by atoms with E-state index in [0.717, 1.165) is 30.1 Å². The lowest BCUT2D eigenvalue weighted by Crippen LogP contribution is -2.24. The maximum atomic E-state index is 5.79. The van der Waals surface area contributed by atoms with E-state index < -0.39 is 0 Å². The number of benzene rings is 1. The van der Waals surface area contributed by atoms with Crippen LogP contribution < -0.4 is 11.1 Å². The van der Waals surface area contributed by atoms with Crippen molar-refractivity contribution in [1.82, 2.24) is 9.55 Å². The summed E-state index contributed by atoms with van der Waals surface area (Å²) in [5.41, 5.74) is 9.52. The summed E-state index contributed by atoms with van der Waals surface area (Å²) >= 11 is 0. The Hall–Kier alpha value is -1.55. The minimum atomic E-state index is 0.356. The fraction of sp³-hybridized carbons (Fsp3) is 0.500. The van der Waals surface area contributed by atoms with Crippen molar-refractivity contribution >= 4 is 16.7 Å². The van der Waals surface area contributed by atoms with Crippen LogP contribution in [-0.4, -0.2) is 22.6 Å². The standard InChI is InChI=1S/C14H20N4/c1-10-17-12-7-11(3-4-13(12)18(10)2)16-9-14(8-15)5-6-14/h3-4,7,16H,5-6,8-9,15H2,1-2H3. The third-order valence-electron chi connectivity index (χ3n) is 4.16. The van der Waals surface area contributed by atoms with Gasteiger partial charge in [0.2, 0.25) is 0 Å². The van der Waals surface area contributed by atoms with Gasteiger partial charge in [0.15, 0.2) is 0 Å². The molecule has 0 aliphatic heterocycles. The molecule has 0 atom stereocenters. The number of hydrogen-bond acceptors (Lipinski definition) is 3. The minimum absolute atomic E-state index is 0.356. The number of nitrogens with two attached hydrogens (primary N) is 1. The summed E-state index contributed by atoms with van der Waals surface area (Å²) in [7, 11) is 2.05. The summed E-state index contributed by atoms with van der Waals surface area (Å²) in [5, 5.41) is 3.49. The van der Waals surface area contributed by atoms with Gasteiger partial charge in [0.25, 0.3) is 0 Å². The highest BCUT2D eigenvalue weighted by atomic mass is 15.1. The second-order valence-corrected chi connectivity index (χ2v) is 5.48. The van der Waals surface area contributed by atoms with Crippen molar-refractivity contribution in [3.63, 3.8) is 0 Å². The molecule has 1 aromatic carbocycles. The molecule has 0 saturated heterocycles. The van der Waals surface area contributed by atoms with Crippen LogP contribution in [0, 0.1) is 12.3 Å². The zero-order valence-electron chi connectivity index (χ0n) is 11.0. The summed E-state index contributed by atoms with van der Waals surface area (Å²) in [6, 6.07) is 6.37. The quantitative estimate of drug-likeness (QED) is 0.865. The Labute approximate surface area is 107 Å². The Bertz CT molecular complexity index is 581. The minimum Gasteiger partial charge on any atom is -0.384 e. The number of nitrogens with zero attached hydrogens (tertiary/aromatic N) is 2. The van der Waals surface area contributed by atoms with Gasteiger partial charge in [-0.05, 0) is 49.9 Å². The molecule has 96 valence electrons. The van der Waals surface area contributed by atoms with Gasteiger partial charge < -0.3 is 15.6 Å². The Balaban J connectivity index is 1.81. The average Bonchev–Trinajstić information content (AvgIpc) is 3.11. The first-order valence-corrected chi connectivity index (χ1v) is 6.51. The fourth-order valence-corrected chi connectivity index (χ4v) is 2.35. The Morgan fingerprint density at radius 3 is 2.89 bits per heavy atom. The molecule has 3 rings (SSSR count). The average molecular weight is 244 g/mol. The zero-order valence-corrected chi connectivity index (χ0v) is 11.0. The normalized spacial score (nSPS) is 17.1. The van der Waals surface area contributed by atoms with E-state index in [4.69, 9.17) is 5.73 Å². The lowest BCUT2D eigenvalue weighted by Gasteiger charge is -2.14. The topological polar surface area (TPSA) is 55.9 Å². The van der Waals surface area contributed by atoms with Gasteiger partial charge in [0, 0.05) is 19.3 Å². The van der Waals surface area contributed by atoms with Crippen LogP contribution in [0.5, 0.6) is 0 Å². The highest BCUT2D eigenvalue weighted by Crippen LogP contribution is 2.44. The molecule has 1 saturated carbocycles. The monoisotopic (exact) mass is 244 g/mol. The largest absolute Gasteiger partial charge is 0.384 e. The Morgan fingerprint density at radius 2 is 2.22 bits per heavy atom. The molecule has 0 amide bonds. The van der Waals surface area contributed by atoms with E-state index in [1.54, 1.807) is 0 Å². The molecule has 0 radical (unpaired) electrons. The van der Waals surface area contributed by atoms with Crippen LogP contribution in [0.4, 0.5) is 5.69 Å². The first-order valence-electron chi connectivity index (χ1n) is 6.51. The summed E-state index contributed by atoms with van der Waals surface area (Å²) in [6.07, 6.45) is 2.50. The van der Waals surface area contributed by atoms with Crippen molar-refractivity contribution in [2.75, 3.05) is 18.4 Å². The zero-order chi connectivity index (χ0) is 12.8. The van der Waals surface area contributed by atoms with E-state index in [-0.39, 0.29) is 0 Å². The van der Waals surface area contributed by atoms with Crippen LogP contribution in [0.15, 0.2) is 18.2 Å². The number of imidazole rings is 1. The number of nitrogens with one attached hydrogen (secondary N) is 1. The molecule has 4 nitrogen and oxygen atoms in total. The van der Waals surface area contributed by atoms with Crippen molar-refractivity contribution in [3.8, 4) is 0 Å². The van der Waals surface area contributed by atoms with Gasteiger partial charge in [-0.1, -0.05) is 0 Å². The van der Waals surface area contributed by atoms with E-state index in [9.17, 15) is 0 Å². The van der Waals surface area contributed by atoms with Crippen LogP contribution >= 0.6 is 0 Å². The number of aromatic nitrogens is 2. The number of fused-ring (bicyclic) bond motifs is 1. The van der Waals surface area contributed by atoms with Crippen LogP contribution in [0.3, 0.4) is 0 Å². The van der Waals surface area contributed by atoms with Crippen molar-refractivity contribution in [2.45, 2.75) is 19.8 Å². The fourth-order valence-electron chi connectivity index (χ4n) is 2.35. The number of anilines is 1. The first kappa shape index (κ1) is 11.5. The second-order valence-electron chi connectivity index (χ2n) is 5.48. The predicted molar refractivity (Wildman–Crippen MR) is 74.7 cm³/mol. The lowest BCUT2D eigenvalue weighted by atomic mass is 10.1. The third-order valence-corrected chi connectivity index (χ3v) is 4.16. The molecule has 4 heteroatoms. The predicted octanol–water partition coefficient (Wildman–Crippen LogP) is 2.03. The third kappa shape index (κ3) is 1.86. The van der Waals surface area contributed by atoms with Crippen molar-refractivity contribution in [2.24, 2.45) is 18.2 Å². The first-order chi connectivity index (χ1) is 8.63. The lowest BCUT2D eigenvalue weighted by molar-refractivity contribution is 0.556. The molecule has 1 aliphatic carbocycles. The SMILES string of the molecule is Cc1nc2cc(NCC3(CN)CC3)ccc2n1C. The van der Waals surface area contributed by atoms with E-state index in [2.05, 4.69) is 33.1 Å². The maximum absolute atomic E-state index is 5.79. The van der Waals surface area contributed by atoms with E-state index >= 15 is 0 Å². The van der Waals surface area contributed by atoms with Crippen LogP contribution in [0.25, 0.3) is 11.0 Å².